The molecule has 0 unspecified atom stereocenters. The maximum absolute atomic E-state index is 13.5. The van der Waals surface area contributed by atoms with Crippen molar-refractivity contribution in [3.8, 4) is 0 Å². The second-order valence-corrected chi connectivity index (χ2v) is 15.3. The summed E-state index contributed by atoms with van der Waals surface area (Å²) in [7, 11) is 0. The highest BCUT2D eigenvalue weighted by Gasteiger charge is 2.35. The Balaban J connectivity index is 5.27. The fraction of sp³-hybridized carbons (Fsp3) is 0.816. The van der Waals surface area contributed by atoms with E-state index in [1.807, 2.05) is 0 Å². The third-order valence-corrected chi connectivity index (χ3v) is 8.92. The number of nitrogens with two attached hydrogens (primary N) is 1. The van der Waals surface area contributed by atoms with Crippen LogP contribution in [0.1, 0.15) is 140 Å². The van der Waals surface area contributed by atoms with E-state index in [0.29, 0.717) is 6.54 Å². The molecule has 7 amide bonds. The molecule has 0 aliphatic rings. The Hall–Kier alpha value is -3.71. The van der Waals surface area contributed by atoms with Crippen LogP contribution in [0.25, 0.3) is 0 Å². The molecule has 300 valence electrons. The molecule has 0 aromatic carbocycles. The molecule has 52 heavy (non-hydrogen) atoms. The van der Waals surface area contributed by atoms with Crippen LogP contribution in [0.2, 0.25) is 0 Å². The second kappa shape index (κ2) is 26.1. The van der Waals surface area contributed by atoms with Crippen LogP contribution < -0.4 is 37.6 Å². The highest BCUT2D eigenvalue weighted by Crippen LogP contribution is 2.12. The van der Waals surface area contributed by atoms with Crippen LogP contribution in [0.5, 0.6) is 0 Å². The SMILES string of the molecule is CCCCCCCCCCCCNC(=O)C[C@H](NC(=O)[C@@H](NC(=O)[C@@H](NC(=O)[C@@H](NC(=O)[C@H](C)NC(=O)C(C)C)C(C)C)C(C)C)C(C)C)C(N)=O. The topological polar surface area (TPSA) is 218 Å². The van der Waals surface area contributed by atoms with Crippen molar-refractivity contribution in [2.24, 2.45) is 29.4 Å². The van der Waals surface area contributed by atoms with Crippen LogP contribution >= 0.6 is 0 Å². The summed E-state index contributed by atoms with van der Waals surface area (Å²) < 4.78 is 0. The van der Waals surface area contributed by atoms with Gasteiger partial charge in [0.1, 0.15) is 30.2 Å². The first kappa shape index (κ1) is 48.3. The van der Waals surface area contributed by atoms with Gasteiger partial charge in [0.2, 0.25) is 41.4 Å². The molecule has 0 spiro atoms. The predicted molar refractivity (Wildman–Crippen MR) is 203 cm³/mol. The Morgan fingerprint density at radius 3 is 1.25 bits per heavy atom. The Morgan fingerprint density at radius 1 is 0.481 bits per heavy atom. The third kappa shape index (κ3) is 19.8. The zero-order valence-electron chi connectivity index (χ0n) is 33.6. The lowest BCUT2D eigenvalue weighted by Gasteiger charge is -2.30. The number of amides is 7. The van der Waals surface area contributed by atoms with E-state index in [9.17, 15) is 33.6 Å². The van der Waals surface area contributed by atoms with E-state index in [1.54, 1.807) is 55.4 Å². The average molecular weight is 738 g/mol. The van der Waals surface area contributed by atoms with Crippen molar-refractivity contribution >= 4 is 41.4 Å². The van der Waals surface area contributed by atoms with Gasteiger partial charge >= 0.3 is 0 Å². The van der Waals surface area contributed by atoms with E-state index in [4.69, 9.17) is 5.73 Å². The van der Waals surface area contributed by atoms with Crippen LogP contribution in [0, 0.1) is 23.7 Å². The fourth-order valence-electron chi connectivity index (χ4n) is 5.40. The summed E-state index contributed by atoms with van der Waals surface area (Å²) in [6.45, 7) is 17.9. The van der Waals surface area contributed by atoms with E-state index in [1.165, 1.54) is 51.9 Å². The van der Waals surface area contributed by atoms with Crippen molar-refractivity contribution in [2.75, 3.05) is 6.54 Å². The zero-order chi connectivity index (χ0) is 40.0. The molecule has 5 atom stereocenters. The molecule has 8 N–H and O–H groups in total. The minimum atomic E-state index is -1.29. The summed E-state index contributed by atoms with van der Waals surface area (Å²) >= 11 is 0. The predicted octanol–water partition coefficient (Wildman–Crippen LogP) is 2.97. The maximum Gasteiger partial charge on any atom is 0.243 e. The van der Waals surface area contributed by atoms with Gasteiger partial charge in [-0.15, -0.1) is 0 Å². The lowest BCUT2D eigenvalue weighted by molar-refractivity contribution is -0.136. The molecular weight excluding hydrogens is 666 g/mol. The second-order valence-electron chi connectivity index (χ2n) is 15.3. The highest BCUT2D eigenvalue weighted by molar-refractivity contribution is 5.97. The number of carbonyl (C=O) groups excluding carboxylic acids is 7. The minimum Gasteiger partial charge on any atom is -0.368 e. The number of primary amides is 1. The summed E-state index contributed by atoms with van der Waals surface area (Å²) in [6, 6.07) is -5.40. The number of nitrogens with one attached hydrogen (secondary N) is 6. The van der Waals surface area contributed by atoms with Crippen LogP contribution in [0.4, 0.5) is 0 Å². The minimum absolute atomic E-state index is 0.307. The Labute approximate surface area is 312 Å². The fourth-order valence-corrected chi connectivity index (χ4v) is 5.40. The average Bonchev–Trinajstić information content (AvgIpc) is 3.05. The Bertz CT molecular complexity index is 1140. The van der Waals surface area contributed by atoms with Crippen molar-refractivity contribution in [3.05, 3.63) is 0 Å². The van der Waals surface area contributed by atoms with Gasteiger partial charge in [-0.25, -0.2) is 0 Å². The quantitative estimate of drug-likeness (QED) is 0.0625. The van der Waals surface area contributed by atoms with Crippen LogP contribution in [0.15, 0.2) is 0 Å². The molecule has 0 fully saturated rings. The third-order valence-electron chi connectivity index (χ3n) is 8.92. The van der Waals surface area contributed by atoms with Gasteiger partial charge in [0.15, 0.2) is 0 Å². The molecule has 14 heteroatoms. The van der Waals surface area contributed by atoms with E-state index < -0.39 is 77.5 Å². The summed E-state index contributed by atoms with van der Waals surface area (Å²) in [6.07, 6.45) is 11.3. The maximum atomic E-state index is 13.5. The molecular formula is C38H71N7O7. The van der Waals surface area contributed by atoms with E-state index >= 15 is 0 Å². The molecule has 0 radical (unpaired) electrons. The van der Waals surface area contributed by atoms with Crippen molar-refractivity contribution in [2.45, 2.75) is 170 Å². The van der Waals surface area contributed by atoms with Crippen LogP contribution in [-0.4, -0.2) is 78.1 Å². The van der Waals surface area contributed by atoms with Crippen LogP contribution in [-0.2, 0) is 33.6 Å². The smallest absolute Gasteiger partial charge is 0.243 e. The number of hydrogen-bond donors (Lipinski definition) is 7. The lowest BCUT2D eigenvalue weighted by atomic mass is 9.97. The van der Waals surface area contributed by atoms with Crippen molar-refractivity contribution in [1.29, 1.82) is 0 Å². The summed E-state index contributed by atoms with van der Waals surface area (Å²) in [5.74, 6) is -5.66. The van der Waals surface area contributed by atoms with Gasteiger partial charge in [-0.05, 0) is 31.1 Å². The molecule has 0 saturated carbocycles. The zero-order valence-corrected chi connectivity index (χ0v) is 33.6. The molecule has 0 aliphatic carbocycles. The first-order valence-corrected chi connectivity index (χ1v) is 19.4. The van der Waals surface area contributed by atoms with Gasteiger partial charge in [-0.3, -0.25) is 33.6 Å². The van der Waals surface area contributed by atoms with Gasteiger partial charge in [0.25, 0.3) is 0 Å². The molecule has 0 saturated heterocycles. The summed E-state index contributed by atoms with van der Waals surface area (Å²) in [4.78, 5) is 90.0. The molecule has 14 nitrogen and oxygen atoms in total. The number of rotatable bonds is 27. The first-order chi connectivity index (χ1) is 24.3. The van der Waals surface area contributed by atoms with E-state index in [2.05, 4.69) is 38.8 Å². The number of hydrogen-bond acceptors (Lipinski definition) is 7. The van der Waals surface area contributed by atoms with Crippen LogP contribution in [0.3, 0.4) is 0 Å². The highest BCUT2D eigenvalue weighted by atomic mass is 16.2. The number of carbonyl (C=O) groups is 7. The molecule has 0 aromatic heterocycles. The van der Waals surface area contributed by atoms with Gasteiger partial charge in [0.05, 0.1) is 6.42 Å². The Morgan fingerprint density at radius 2 is 0.865 bits per heavy atom. The summed E-state index contributed by atoms with van der Waals surface area (Å²) in [5, 5.41) is 16.0. The lowest BCUT2D eigenvalue weighted by Crippen LogP contribution is -2.61. The van der Waals surface area contributed by atoms with Gasteiger partial charge in [-0.1, -0.05) is 120 Å². The van der Waals surface area contributed by atoms with Gasteiger partial charge in [-0.2, -0.15) is 0 Å². The van der Waals surface area contributed by atoms with Crippen molar-refractivity contribution < 1.29 is 33.6 Å². The van der Waals surface area contributed by atoms with E-state index in [0.717, 1.165) is 19.3 Å². The normalized spacial score (nSPS) is 14.3. The monoisotopic (exact) mass is 738 g/mol. The molecule has 0 bridgehead atoms. The largest absolute Gasteiger partial charge is 0.368 e. The van der Waals surface area contributed by atoms with Crippen molar-refractivity contribution in [1.82, 2.24) is 31.9 Å². The Kier molecular flexibility index (Phi) is 24.3. The van der Waals surface area contributed by atoms with Gasteiger partial charge in [0, 0.05) is 12.5 Å². The van der Waals surface area contributed by atoms with Crippen molar-refractivity contribution in [3.63, 3.8) is 0 Å². The number of unbranched alkanes of at least 4 members (excludes halogenated alkanes) is 9. The summed E-state index contributed by atoms with van der Waals surface area (Å²) in [5.41, 5.74) is 5.54. The molecule has 0 rings (SSSR count). The first-order valence-electron chi connectivity index (χ1n) is 19.4. The molecule has 0 heterocycles. The molecule has 0 aliphatic heterocycles. The van der Waals surface area contributed by atoms with Gasteiger partial charge < -0.3 is 37.6 Å². The van der Waals surface area contributed by atoms with E-state index in [-0.39, 0.29) is 24.2 Å². The standard InChI is InChI=1S/C38H71N7O7/c1-11-12-13-14-15-16-17-18-19-20-21-40-29(46)22-28(33(39)47)42-36(50)30(23(2)3)44-38(52)32(25(6)7)45-37(51)31(24(4)5)43-35(49)27(10)41-34(48)26(8)9/h23-28,30-32H,11-22H2,1-10H3,(H2,39,47)(H,40,46)(H,41,48)(H,42,50)(H,43,49)(H,44,52)(H,45,51)/t27-,28-,30-,31-,32-/m0/s1. The molecule has 0 aromatic rings.